The van der Waals surface area contributed by atoms with Crippen molar-refractivity contribution in [2.24, 2.45) is 5.92 Å². The van der Waals surface area contributed by atoms with Crippen LogP contribution in [-0.4, -0.2) is 34.6 Å². The normalized spacial score (nSPS) is 25.2. The molecule has 1 fully saturated rings. The van der Waals surface area contributed by atoms with Gasteiger partial charge in [-0.3, -0.25) is 14.5 Å². The molecule has 1 aliphatic carbocycles. The van der Waals surface area contributed by atoms with Gasteiger partial charge in [-0.2, -0.15) is 0 Å². The largest absolute Gasteiger partial charge is 0.494 e. The predicted molar refractivity (Wildman–Crippen MR) is 127 cm³/mol. The second kappa shape index (κ2) is 8.28. The van der Waals surface area contributed by atoms with E-state index in [0.717, 1.165) is 30.5 Å². The van der Waals surface area contributed by atoms with Crippen LogP contribution in [-0.2, 0) is 11.3 Å². The number of amides is 2. The number of ether oxygens (including phenoxy) is 1. The highest BCUT2D eigenvalue weighted by Crippen LogP contribution is 2.37. The van der Waals surface area contributed by atoms with Gasteiger partial charge in [0.1, 0.15) is 17.0 Å². The number of carbonyl (C=O) groups is 2. The summed E-state index contributed by atoms with van der Waals surface area (Å²) in [6.45, 7) is 6.89. The molecule has 3 atom stereocenters. The van der Waals surface area contributed by atoms with Gasteiger partial charge in [0, 0.05) is 23.9 Å². The molecule has 3 heterocycles. The van der Waals surface area contributed by atoms with E-state index in [-0.39, 0.29) is 17.9 Å². The quantitative estimate of drug-likeness (QED) is 0.610. The molecule has 0 saturated heterocycles. The summed E-state index contributed by atoms with van der Waals surface area (Å²) in [5.74, 6) is 0.812. The summed E-state index contributed by atoms with van der Waals surface area (Å²) < 4.78 is 13.0. The average molecular weight is 450 g/mol. The van der Waals surface area contributed by atoms with Crippen LogP contribution in [0.1, 0.15) is 56.9 Å². The van der Waals surface area contributed by atoms with Gasteiger partial charge in [-0.1, -0.05) is 19.8 Å². The van der Waals surface area contributed by atoms with E-state index in [1.54, 1.807) is 17.2 Å². The van der Waals surface area contributed by atoms with Crippen molar-refractivity contribution < 1.29 is 18.7 Å². The van der Waals surface area contributed by atoms with E-state index in [0.29, 0.717) is 36.0 Å². The Labute approximate surface area is 193 Å². The summed E-state index contributed by atoms with van der Waals surface area (Å²) in [7, 11) is 0. The van der Waals surface area contributed by atoms with E-state index in [9.17, 15) is 9.59 Å². The van der Waals surface area contributed by atoms with Crippen LogP contribution in [0.15, 0.2) is 47.1 Å². The third kappa shape index (κ3) is 3.59. The van der Waals surface area contributed by atoms with E-state index in [2.05, 4.69) is 12.2 Å². The molecule has 7 heteroatoms. The van der Waals surface area contributed by atoms with Gasteiger partial charge in [-0.15, -0.1) is 0 Å². The molecule has 0 radical (unpaired) electrons. The zero-order valence-corrected chi connectivity index (χ0v) is 19.5. The lowest BCUT2D eigenvalue weighted by Gasteiger charge is -2.45. The smallest absolute Gasteiger partial charge is 0.276 e. The number of carbonyl (C=O) groups excluding carboxylic acids is 2. The molecule has 1 saturated carbocycles. The van der Waals surface area contributed by atoms with Gasteiger partial charge in [0.2, 0.25) is 5.91 Å². The van der Waals surface area contributed by atoms with E-state index in [1.807, 2.05) is 48.7 Å². The summed E-state index contributed by atoms with van der Waals surface area (Å²) in [5, 5.41) is 3.30. The van der Waals surface area contributed by atoms with E-state index >= 15 is 0 Å². The first-order chi connectivity index (χ1) is 15.9. The lowest BCUT2D eigenvalue weighted by atomic mass is 9.85. The molecule has 5 rings (SSSR count). The first-order valence-electron chi connectivity index (χ1n) is 11.9. The highest BCUT2D eigenvalue weighted by molar-refractivity contribution is 6.13. The Balaban J connectivity index is 1.56. The topological polar surface area (TPSA) is 76.7 Å². The van der Waals surface area contributed by atoms with Crippen molar-refractivity contribution in [3.05, 3.63) is 48.4 Å². The minimum absolute atomic E-state index is 0.125. The average Bonchev–Trinajstić information content (AvgIpc) is 3.39. The van der Waals surface area contributed by atoms with E-state index < -0.39 is 5.54 Å². The van der Waals surface area contributed by atoms with Crippen LogP contribution in [0.2, 0.25) is 0 Å². The Morgan fingerprint density at radius 3 is 2.70 bits per heavy atom. The SMILES string of the molecule is CCOc1ccc(N2C(=O)c3cc4occc4n3CC2(C)C(=O)NC2CCCCC2C)cc1. The highest BCUT2D eigenvalue weighted by Gasteiger charge is 2.49. The van der Waals surface area contributed by atoms with Gasteiger partial charge in [0.15, 0.2) is 5.58 Å². The number of aromatic nitrogens is 1. The van der Waals surface area contributed by atoms with Crippen LogP contribution in [0.3, 0.4) is 0 Å². The Morgan fingerprint density at radius 1 is 1.21 bits per heavy atom. The molecule has 1 aromatic carbocycles. The zero-order valence-electron chi connectivity index (χ0n) is 19.5. The van der Waals surface area contributed by atoms with Gasteiger partial charge in [0.25, 0.3) is 5.91 Å². The molecular formula is C26H31N3O4. The van der Waals surface area contributed by atoms with Crippen LogP contribution >= 0.6 is 0 Å². The van der Waals surface area contributed by atoms with Crippen molar-refractivity contribution in [1.82, 2.24) is 9.88 Å². The van der Waals surface area contributed by atoms with Crippen LogP contribution in [0, 0.1) is 5.92 Å². The maximum Gasteiger partial charge on any atom is 0.276 e. The number of rotatable bonds is 5. The van der Waals surface area contributed by atoms with Gasteiger partial charge >= 0.3 is 0 Å². The predicted octanol–water partition coefficient (Wildman–Crippen LogP) is 4.75. The fourth-order valence-corrected chi connectivity index (χ4v) is 5.33. The Bertz CT molecular complexity index is 1180. The maximum absolute atomic E-state index is 13.9. The Kier molecular flexibility index (Phi) is 5.43. The van der Waals surface area contributed by atoms with Gasteiger partial charge < -0.3 is 19.0 Å². The minimum Gasteiger partial charge on any atom is -0.494 e. The molecule has 1 N–H and O–H groups in total. The summed E-state index contributed by atoms with van der Waals surface area (Å²) in [6.07, 6.45) is 6.02. The number of nitrogens with one attached hydrogen (secondary N) is 1. The lowest BCUT2D eigenvalue weighted by Crippen LogP contribution is -2.65. The fourth-order valence-electron chi connectivity index (χ4n) is 5.33. The Hall–Kier alpha value is -3.22. The Morgan fingerprint density at radius 2 is 1.97 bits per heavy atom. The fraction of sp³-hybridized carbons (Fsp3) is 0.462. The van der Waals surface area contributed by atoms with Crippen LogP contribution in [0.5, 0.6) is 5.75 Å². The van der Waals surface area contributed by atoms with Crippen LogP contribution in [0.4, 0.5) is 5.69 Å². The molecule has 3 aromatic rings. The molecule has 2 amide bonds. The number of fused-ring (bicyclic) bond motifs is 3. The van der Waals surface area contributed by atoms with Crippen molar-refractivity contribution in [2.45, 2.75) is 64.6 Å². The molecule has 174 valence electrons. The van der Waals surface area contributed by atoms with E-state index in [4.69, 9.17) is 9.15 Å². The van der Waals surface area contributed by atoms with Crippen molar-refractivity contribution in [2.75, 3.05) is 11.5 Å². The van der Waals surface area contributed by atoms with E-state index in [1.165, 1.54) is 6.42 Å². The van der Waals surface area contributed by atoms with Gasteiger partial charge in [-0.25, -0.2) is 0 Å². The summed E-state index contributed by atoms with van der Waals surface area (Å²) in [4.78, 5) is 29.3. The lowest BCUT2D eigenvalue weighted by molar-refractivity contribution is -0.127. The molecule has 33 heavy (non-hydrogen) atoms. The number of hydrogen-bond acceptors (Lipinski definition) is 4. The van der Waals surface area contributed by atoms with Crippen LogP contribution in [0.25, 0.3) is 11.1 Å². The summed E-state index contributed by atoms with van der Waals surface area (Å²) in [6, 6.07) is 11.1. The van der Waals surface area contributed by atoms with Gasteiger partial charge in [0.05, 0.1) is 24.9 Å². The minimum atomic E-state index is -1.10. The molecule has 3 unspecified atom stereocenters. The standard InChI is InChI=1S/C26H31N3O4/c1-4-32-19-11-9-18(10-12-19)29-24(30)22-15-23-21(13-14-33-23)28(22)16-26(29,3)25(31)27-20-8-6-5-7-17(20)2/h9-15,17,20H,4-8,16H2,1-3H3,(H,27,31). The molecule has 2 aliphatic rings. The maximum atomic E-state index is 13.9. The number of furan rings is 1. The highest BCUT2D eigenvalue weighted by atomic mass is 16.5. The second-order valence-electron chi connectivity index (χ2n) is 9.47. The summed E-state index contributed by atoms with van der Waals surface area (Å²) >= 11 is 0. The monoisotopic (exact) mass is 449 g/mol. The zero-order chi connectivity index (χ0) is 23.2. The van der Waals surface area contributed by atoms with Crippen LogP contribution < -0.4 is 15.0 Å². The molecule has 0 spiro atoms. The molecule has 2 aromatic heterocycles. The van der Waals surface area contributed by atoms with Gasteiger partial charge in [-0.05, 0) is 56.9 Å². The first-order valence-corrected chi connectivity index (χ1v) is 11.9. The van der Waals surface area contributed by atoms with Crippen molar-refractivity contribution in [1.29, 1.82) is 0 Å². The number of anilines is 1. The number of hydrogen-bond donors (Lipinski definition) is 1. The molecule has 1 aliphatic heterocycles. The number of nitrogens with zero attached hydrogens (tertiary/aromatic N) is 2. The van der Waals surface area contributed by atoms with Crippen molar-refractivity contribution in [3.63, 3.8) is 0 Å². The number of benzene rings is 1. The third-order valence-corrected chi connectivity index (χ3v) is 7.23. The molecule has 0 bridgehead atoms. The second-order valence-corrected chi connectivity index (χ2v) is 9.47. The van der Waals surface area contributed by atoms with Crippen molar-refractivity contribution in [3.8, 4) is 5.75 Å². The third-order valence-electron chi connectivity index (χ3n) is 7.23. The first kappa shape index (κ1) is 21.6. The molecular weight excluding hydrogens is 418 g/mol. The van der Waals surface area contributed by atoms with Crippen molar-refractivity contribution >= 4 is 28.6 Å². The molecule has 7 nitrogen and oxygen atoms in total. The summed E-state index contributed by atoms with van der Waals surface area (Å²) in [5.41, 5.74) is 1.57.